The molecule has 2 atom stereocenters. The summed E-state index contributed by atoms with van der Waals surface area (Å²) in [5.74, 6) is 2.82. The number of halogens is 1. The van der Waals surface area contributed by atoms with Gasteiger partial charge in [-0.15, -0.1) is 12.4 Å². The first-order valence-electron chi connectivity index (χ1n) is 8.18. The molecule has 1 aromatic rings. The van der Waals surface area contributed by atoms with Crippen molar-refractivity contribution >= 4 is 18.2 Å². The molecule has 1 saturated heterocycles. The van der Waals surface area contributed by atoms with Gasteiger partial charge in [0.2, 0.25) is 5.88 Å². The average molecular weight is 327 g/mol. The van der Waals surface area contributed by atoms with Crippen molar-refractivity contribution in [2.24, 2.45) is 17.6 Å². The zero-order valence-electron chi connectivity index (χ0n) is 13.3. The number of rotatable bonds is 5. The minimum atomic E-state index is 0. The second-order valence-corrected chi connectivity index (χ2v) is 6.53. The highest BCUT2D eigenvalue weighted by molar-refractivity contribution is 5.85. The van der Waals surface area contributed by atoms with E-state index in [-0.39, 0.29) is 18.4 Å². The first kappa shape index (κ1) is 17.3. The van der Waals surface area contributed by atoms with Gasteiger partial charge in [0.15, 0.2) is 5.82 Å². The molecule has 2 fully saturated rings. The molecule has 0 amide bonds. The summed E-state index contributed by atoms with van der Waals surface area (Å²) in [5, 5.41) is 0. The van der Waals surface area contributed by atoms with Gasteiger partial charge in [-0.1, -0.05) is 12.8 Å². The van der Waals surface area contributed by atoms with E-state index in [1.165, 1.54) is 25.7 Å². The summed E-state index contributed by atoms with van der Waals surface area (Å²) in [6.07, 6.45) is 9.93. The maximum absolute atomic E-state index is 6.00. The van der Waals surface area contributed by atoms with Gasteiger partial charge in [-0.3, -0.25) is 4.98 Å². The Labute approximate surface area is 139 Å². The molecule has 2 heterocycles. The molecule has 1 aromatic heterocycles. The predicted molar refractivity (Wildman–Crippen MR) is 90.7 cm³/mol. The Balaban J connectivity index is 0.00000176. The van der Waals surface area contributed by atoms with Gasteiger partial charge in [0, 0.05) is 19.1 Å². The summed E-state index contributed by atoms with van der Waals surface area (Å²) in [7, 11) is 0. The lowest BCUT2D eigenvalue weighted by molar-refractivity contribution is 0.242. The van der Waals surface area contributed by atoms with Crippen LogP contribution < -0.4 is 15.4 Å². The van der Waals surface area contributed by atoms with Gasteiger partial charge in [0.05, 0.1) is 19.0 Å². The number of anilines is 1. The van der Waals surface area contributed by atoms with Gasteiger partial charge in [-0.25, -0.2) is 0 Å². The fourth-order valence-corrected chi connectivity index (χ4v) is 3.37. The van der Waals surface area contributed by atoms with E-state index in [4.69, 9.17) is 10.5 Å². The van der Waals surface area contributed by atoms with Gasteiger partial charge >= 0.3 is 0 Å². The number of aromatic nitrogens is 2. The van der Waals surface area contributed by atoms with Crippen molar-refractivity contribution < 1.29 is 4.74 Å². The number of hydrogen-bond acceptors (Lipinski definition) is 5. The highest BCUT2D eigenvalue weighted by Crippen LogP contribution is 2.27. The van der Waals surface area contributed by atoms with Crippen LogP contribution >= 0.6 is 12.4 Å². The highest BCUT2D eigenvalue weighted by atomic mass is 35.5. The average Bonchev–Trinajstić information content (AvgIpc) is 3.17. The van der Waals surface area contributed by atoms with Gasteiger partial charge in [0.25, 0.3) is 0 Å². The minimum absolute atomic E-state index is 0. The Morgan fingerprint density at radius 3 is 2.77 bits per heavy atom. The molecule has 1 saturated carbocycles. The van der Waals surface area contributed by atoms with Crippen molar-refractivity contribution in [1.29, 1.82) is 0 Å². The summed E-state index contributed by atoms with van der Waals surface area (Å²) >= 11 is 0. The summed E-state index contributed by atoms with van der Waals surface area (Å²) in [6, 6.07) is 0.241. The Morgan fingerprint density at radius 1 is 1.32 bits per heavy atom. The van der Waals surface area contributed by atoms with E-state index in [2.05, 4.69) is 21.8 Å². The molecule has 6 heteroatoms. The summed E-state index contributed by atoms with van der Waals surface area (Å²) in [6.45, 7) is 4.84. The standard InChI is InChI=1S/C16H26N4O.ClH/c1-12(17)14-6-7-20(10-14)15-8-18-9-16(19-15)21-11-13-4-2-3-5-13;/h8-9,12-14H,2-7,10-11,17H2,1H3;1H. The Bertz CT molecular complexity index is 465. The number of nitrogens with two attached hydrogens (primary N) is 1. The van der Waals surface area contributed by atoms with Crippen LogP contribution in [0.4, 0.5) is 5.82 Å². The van der Waals surface area contributed by atoms with Crippen molar-refractivity contribution in [3.8, 4) is 5.88 Å². The number of ether oxygens (including phenoxy) is 1. The van der Waals surface area contributed by atoms with E-state index >= 15 is 0 Å². The topological polar surface area (TPSA) is 64.3 Å². The van der Waals surface area contributed by atoms with Gasteiger partial charge < -0.3 is 15.4 Å². The van der Waals surface area contributed by atoms with E-state index in [9.17, 15) is 0 Å². The largest absolute Gasteiger partial charge is 0.476 e. The molecule has 2 unspecified atom stereocenters. The fraction of sp³-hybridized carbons (Fsp3) is 0.750. The smallest absolute Gasteiger partial charge is 0.234 e. The molecule has 0 aromatic carbocycles. The second-order valence-electron chi connectivity index (χ2n) is 6.53. The molecule has 22 heavy (non-hydrogen) atoms. The van der Waals surface area contributed by atoms with Crippen LogP contribution in [0.25, 0.3) is 0 Å². The van der Waals surface area contributed by atoms with Crippen LogP contribution in [0.2, 0.25) is 0 Å². The summed E-state index contributed by atoms with van der Waals surface area (Å²) in [5.41, 5.74) is 6.00. The quantitative estimate of drug-likeness (QED) is 0.901. The molecule has 0 spiro atoms. The molecular formula is C16H27ClN4O. The maximum Gasteiger partial charge on any atom is 0.234 e. The lowest BCUT2D eigenvalue weighted by Crippen LogP contribution is -2.30. The first-order chi connectivity index (χ1) is 10.2. The Kier molecular flexibility index (Phi) is 6.26. The minimum Gasteiger partial charge on any atom is -0.476 e. The van der Waals surface area contributed by atoms with Crippen LogP contribution in [0.1, 0.15) is 39.0 Å². The second kappa shape index (κ2) is 7.97. The number of hydrogen-bond donors (Lipinski definition) is 1. The van der Waals surface area contributed by atoms with Crippen molar-refractivity contribution in [2.45, 2.75) is 45.1 Å². The SMILES string of the molecule is CC(N)C1CCN(c2cncc(OCC3CCCC3)n2)C1.Cl. The fourth-order valence-electron chi connectivity index (χ4n) is 3.37. The third-order valence-corrected chi connectivity index (χ3v) is 4.83. The Hall–Kier alpha value is -1.07. The van der Waals surface area contributed by atoms with E-state index in [0.717, 1.165) is 31.9 Å². The zero-order valence-corrected chi connectivity index (χ0v) is 14.1. The van der Waals surface area contributed by atoms with Crippen LogP contribution in [0, 0.1) is 11.8 Å². The van der Waals surface area contributed by atoms with Crippen LogP contribution in [0.15, 0.2) is 12.4 Å². The predicted octanol–water partition coefficient (Wildman–Crippen LogP) is 2.64. The van der Waals surface area contributed by atoms with Crippen LogP contribution in [0.5, 0.6) is 5.88 Å². The molecular weight excluding hydrogens is 300 g/mol. The molecule has 0 radical (unpaired) electrons. The molecule has 5 nitrogen and oxygen atoms in total. The van der Waals surface area contributed by atoms with Crippen molar-refractivity contribution in [3.05, 3.63) is 12.4 Å². The third kappa shape index (κ3) is 4.23. The summed E-state index contributed by atoms with van der Waals surface area (Å²) < 4.78 is 5.84. The van der Waals surface area contributed by atoms with Crippen molar-refractivity contribution in [2.75, 3.05) is 24.6 Å². The monoisotopic (exact) mass is 326 g/mol. The molecule has 3 rings (SSSR count). The third-order valence-electron chi connectivity index (χ3n) is 4.83. The van der Waals surface area contributed by atoms with E-state index in [1.54, 1.807) is 6.20 Å². The molecule has 1 aliphatic heterocycles. The van der Waals surface area contributed by atoms with E-state index in [1.807, 2.05) is 6.20 Å². The molecule has 0 bridgehead atoms. The zero-order chi connectivity index (χ0) is 14.7. The number of nitrogens with zero attached hydrogens (tertiary/aromatic N) is 3. The molecule has 124 valence electrons. The lowest BCUT2D eigenvalue weighted by Gasteiger charge is -2.19. The Morgan fingerprint density at radius 2 is 2.09 bits per heavy atom. The summed E-state index contributed by atoms with van der Waals surface area (Å²) in [4.78, 5) is 11.2. The van der Waals surface area contributed by atoms with E-state index in [0.29, 0.717) is 17.7 Å². The van der Waals surface area contributed by atoms with Gasteiger partial charge in [-0.2, -0.15) is 4.98 Å². The molecule has 1 aliphatic carbocycles. The normalized spacial score (nSPS) is 23.4. The lowest BCUT2D eigenvalue weighted by atomic mass is 10.0. The van der Waals surface area contributed by atoms with E-state index < -0.39 is 0 Å². The van der Waals surface area contributed by atoms with Gasteiger partial charge in [-0.05, 0) is 38.0 Å². The van der Waals surface area contributed by atoms with Crippen LogP contribution in [-0.2, 0) is 0 Å². The van der Waals surface area contributed by atoms with Crippen LogP contribution in [-0.4, -0.2) is 35.7 Å². The highest BCUT2D eigenvalue weighted by Gasteiger charge is 2.26. The molecule has 2 N–H and O–H groups in total. The van der Waals surface area contributed by atoms with Gasteiger partial charge in [0.1, 0.15) is 0 Å². The maximum atomic E-state index is 6.00. The van der Waals surface area contributed by atoms with Crippen molar-refractivity contribution in [1.82, 2.24) is 9.97 Å². The first-order valence-corrected chi connectivity index (χ1v) is 8.18. The van der Waals surface area contributed by atoms with Crippen molar-refractivity contribution in [3.63, 3.8) is 0 Å². The molecule has 2 aliphatic rings. The van der Waals surface area contributed by atoms with Crippen LogP contribution in [0.3, 0.4) is 0 Å².